The highest BCUT2D eigenvalue weighted by atomic mass is 35.5. The van der Waals surface area contributed by atoms with Crippen molar-refractivity contribution in [2.24, 2.45) is 0 Å². The molecule has 0 radical (unpaired) electrons. The zero-order chi connectivity index (χ0) is 22.6. The second-order valence-electron chi connectivity index (χ2n) is 7.34. The number of halogens is 4. The fraction of sp³-hybridized carbons (Fsp3) is 0.409. The normalized spacial score (nSPS) is 17.3. The van der Waals surface area contributed by atoms with Gasteiger partial charge in [0.15, 0.2) is 11.5 Å². The first-order valence-electron chi connectivity index (χ1n) is 9.85. The van der Waals surface area contributed by atoms with Crippen LogP contribution in [0.25, 0.3) is 0 Å². The number of nitrogens with one attached hydrogen (secondary N) is 1. The Morgan fingerprint density at radius 3 is 2.55 bits per heavy atom. The number of likely N-dealkylation sites (tertiary alicyclic amines) is 1. The number of nitrogens with zero attached hydrogens (tertiary/aromatic N) is 1. The van der Waals surface area contributed by atoms with Gasteiger partial charge in [0.25, 0.3) is 0 Å². The summed E-state index contributed by atoms with van der Waals surface area (Å²) in [6, 6.07) is 9.00. The van der Waals surface area contributed by atoms with Crippen LogP contribution in [0.5, 0.6) is 11.5 Å². The predicted octanol–water partition coefficient (Wildman–Crippen LogP) is 5.54. The predicted molar refractivity (Wildman–Crippen MR) is 113 cm³/mol. The number of carbonyl (C=O) groups is 1. The summed E-state index contributed by atoms with van der Waals surface area (Å²) in [6.45, 7) is 0.768. The number of carbonyl (C=O) groups excluding carboxylic acids is 1. The van der Waals surface area contributed by atoms with Crippen molar-refractivity contribution in [3.8, 4) is 11.5 Å². The van der Waals surface area contributed by atoms with Crippen LogP contribution in [0.3, 0.4) is 0 Å². The maximum Gasteiger partial charge on any atom is 0.417 e. The van der Waals surface area contributed by atoms with Crippen LogP contribution in [0.15, 0.2) is 36.4 Å². The van der Waals surface area contributed by atoms with E-state index >= 15 is 0 Å². The molecule has 0 aromatic heterocycles. The van der Waals surface area contributed by atoms with E-state index in [1.165, 1.54) is 6.07 Å². The molecule has 0 saturated carbocycles. The number of ether oxygens (including phenoxy) is 2. The minimum atomic E-state index is -4.59. The van der Waals surface area contributed by atoms with Crippen LogP contribution in [0.1, 0.15) is 36.4 Å². The molecule has 31 heavy (non-hydrogen) atoms. The van der Waals surface area contributed by atoms with Gasteiger partial charge in [-0.1, -0.05) is 24.1 Å². The molecule has 9 heteroatoms. The van der Waals surface area contributed by atoms with Crippen LogP contribution in [0.4, 0.5) is 18.9 Å². The highest BCUT2D eigenvalue weighted by molar-refractivity contribution is 6.31. The molecule has 2 aromatic rings. The van der Waals surface area contributed by atoms with Crippen molar-refractivity contribution in [1.82, 2.24) is 4.90 Å². The van der Waals surface area contributed by atoms with Gasteiger partial charge in [-0.05, 0) is 55.3 Å². The molecular formula is C22H24ClF3N2O3. The summed E-state index contributed by atoms with van der Waals surface area (Å²) < 4.78 is 49.9. The molecule has 1 unspecified atom stereocenters. The van der Waals surface area contributed by atoms with Gasteiger partial charge in [0, 0.05) is 11.7 Å². The average Bonchev–Trinajstić information content (AvgIpc) is 2.74. The number of hydrogen-bond donors (Lipinski definition) is 1. The second-order valence-corrected chi connectivity index (χ2v) is 7.74. The molecule has 5 nitrogen and oxygen atoms in total. The first kappa shape index (κ1) is 23.2. The lowest BCUT2D eigenvalue weighted by molar-refractivity contribution is -0.137. The van der Waals surface area contributed by atoms with Crippen LogP contribution in [0.2, 0.25) is 5.02 Å². The van der Waals surface area contributed by atoms with E-state index < -0.39 is 16.8 Å². The summed E-state index contributed by atoms with van der Waals surface area (Å²) in [5, 5.41) is 2.15. The van der Waals surface area contributed by atoms with Gasteiger partial charge in [0.2, 0.25) is 5.91 Å². The van der Waals surface area contributed by atoms with E-state index in [9.17, 15) is 18.0 Å². The molecule has 0 aliphatic carbocycles. The van der Waals surface area contributed by atoms with E-state index in [0.717, 1.165) is 37.0 Å². The molecule has 168 valence electrons. The van der Waals surface area contributed by atoms with Crippen molar-refractivity contribution < 1.29 is 27.4 Å². The number of hydrogen-bond acceptors (Lipinski definition) is 4. The third kappa shape index (κ3) is 5.62. The fourth-order valence-electron chi connectivity index (χ4n) is 3.82. The first-order chi connectivity index (χ1) is 14.7. The van der Waals surface area contributed by atoms with Gasteiger partial charge in [0.1, 0.15) is 0 Å². The zero-order valence-corrected chi connectivity index (χ0v) is 18.0. The van der Waals surface area contributed by atoms with E-state index in [0.29, 0.717) is 18.0 Å². The van der Waals surface area contributed by atoms with Crippen molar-refractivity contribution >= 4 is 23.2 Å². The van der Waals surface area contributed by atoms with Gasteiger partial charge in [-0.25, -0.2) is 0 Å². The van der Waals surface area contributed by atoms with Crippen LogP contribution < -0.4 is 14.8 Å². The first-order valence-corrected chi connectivity index (χ1v) is 10.2. The third-order valence-corrected chi connectivity index (χ3v) is 5.64. The number of piperidine rings is 1. The molecule has 1 aliphatic heterocycles. The van der Waals surface area contributed by atoms with Crippen molar-refractivity contribution in [2.45, 2.75) is 31.5 Å². The lowest BCUT2D eigenvalue weighted by atomic mass is 9.95. The molecule has 0 bridgehead atoms. The minimum absolute atomic E-state index is 0.00439. The van der Waals surface area contributed by atoms with Crippen molar-refractivity contribution in [1.29, 1.82) is 0 Å². The van der Waals surface area contributed by atoms with E-state index in [4.69, 9.17) is 21.1 Å². The Morgan fingerprint density at radius 1 is 1.13 bits per heavy atom. The maximum atomic E-state index is 13.1. The number of alkyl halides is 3. The number of amides is 1. The molecule has 3 rings (SSSR count). The summed E-state index contributed by atoms with van der Waals surface area (Å²) in [4.78, 5) is 14.6. The Morgan fingerprint density at radius 2 is 1.87 bits per heavy atom. The quantitative estimate of drug-likeness (QED) is 0.620. The standard InChI is InChI=1S/C22H24ClF3N2O3/c1-30-19-9-6-14(11-20(19)31-2)18-5-3-4-10-28(18)13-21(29)27-15-7-8-17(23)16(12-15)22(24,25)26/h6-9,11-12,18H,3-5,10,13H2,1-2H3,(H,27,29). The monoisotopic (exact) mass is 456 g/mol. The Bertz CT molecular complexity index is 937. The van der Waals surface area contributed by atoms with Crippen LogP contribution >= 0.6 is 11.6 Å². The molecule has 1 amide bonds. The van der Waals surface area contributed by atoms with Gasteiger partial charge < -0.3 is 14.8 Å². The van der Waals surface area contributed by atoms with E-state index in [-0.39, 0.29) is 24.2 Å². The minimum Gasteiger partial charge on any atom is -0.493 e. The molecule has 1 saturated heterocycles. The van der Waals surface area contributed by atoms with Crippen molar-refractivity contribution in [3.05, 3.63) is 52.5 Å². The van der Waals surface area contributed by atoms with E-state index in [1.807, 2.05) is 23.1 Å². The highest BCUT2D eigenvalue weighted by Crippen LogP contribution is 2.37. The van der Waals surface area contributed by atoms with Gasteiger partial charge in [-0.3, -0.25) is 9.69 Å². The van der Waals surface area contributed by atoms with Crippen LogP contribution in [0, 0.1) is 0 Å². The van der Waals surface area contributed by atoms with Gasteiger partial charge >= 0.3 is 6.18 Å². The molecule has 1 N–H and O–H groups in total. The Kier molecular flexibility index (Phi) is 7.33. The highest BCUT2D eigenvalue weighted by Gasteiger charge is 2.33. The van der Waals surface area contributed by atoms with E-state index in [2.05, 4.69) is 5.32 Å². The van der Waals surface area contributed by atoms with Crippen molar-refractivity contribution in [2.75, 3.05) is 32.6 Å². The smallest absolute Gasteiger partial charge is 0.417 e. The third-order valence-electron chi connectivity index (χ3n) is 5.31. The largest absolute Gasteiger partial charge is 0.493 e. The SMILES string of the molecule is COc1ccc(C2CCCCN2CC(=O)Nc2ccc(Cl)c(C(F)(F)F)c2)cc1OC. The zero-order valence-electron chi connectivity index (χ0n) is 17.3. The van der Waals surface area contributed by atoms with Gasteiger partial charge in [-0.15, -0.1) is 0 Å². The summed E-state index contributed by atoms with van der Waals surface area (Å²) in [5.41, 5.74) is 0.0746. The lowest BCUT2D eigenvalue weighted by Crippen LogP contribution is -2.39. The van der Waals surface area contributed by atoms with Gasteiger partial charge in [-0.2, -0.15) is 13.2 Å². The average molecular weight is 457 g/mol. The van der Waals surface area contributed by atoms with Gasteiger partial charge in [0.05, 0.1) is 31.4 Å². The Balaban J connectivity index is 1.74. The Labute approximate surface area is 184 Å². The molecule has 2 aromatic carbocycles. The Hall–Kier alpha value is -2.45. The topological polar surface area (TPSA) is 50.8 Å². The number of benzene rings is 2. The number of methoxy groups -OCH3 is 2. The maximum absolute atomic E-state index is 13.1. The summed E-state index contributed by atoms with van der Waals surface area (Å²) in [6.07, 6.45) is -1.77. The van der Waals surface area contributed by atoms with Crippen molar-refractivity contribution in [3.63, 3.8) is 0 Å². The second kappa shape index (κ2) is 9.78. The number of rotatable bonds is 6. The molecule has 1 heterocycles. The summed E-state index contributed by atoms with van der Waals surface area (Å²) in [7, 11) is 3.13. The van der Waals surface area contributed by atoms with Crippen LogP contribution in [-0.2, 0) is 11.0 Å². The molecular weight excluding hydrogens is 433 g/mol. The summed E-state index contributed by atoms with van der Waals surface area (Å²) in [5.74, 6) is 0.841. The van der Waals surface area contributed by atoms with E-state index in [1.54, 1.807) is 14.2 Å². The molecule has 1 fully saturated rings. The summed E-state index contributed by atoms with van der Waals surface area (Å²) >= 11 is 5.65. The molecule has 1 atom stereocenters. The lowest BCUT2D eigenvalue weighted by Gasteiger charge is -2.35. The number of anilines is 1. The van der Waals surface area contributed by atoms with Crippen LogP contribution in [-0.4, -0.2) is 38.1 Å². The fourth-order valence-corrected chi connectivity index (χ4v) is 4.05. The molecule has 0 spiro atoms. The molecule has 1 aliphatic rings.